The minimum Gasteiger partial charge on any atom is -0.329 e. The van der Waals surface area contributed by atoms with E-state index in [-0.39, 0.29) is 5.54 Å². The van der Waals surface area contributed by atoms with E-state index in [1.54, 1.807) is 0 Å². The molecule has 2 atom stereocenters. The van der Waals surface area contributed by atoms with Crippen molar-refractivity contribution in [3.8, 4) is 0 Å². The van der Waals surface area contributed by atoms with E-state index in [4.69, 9.17) is 17.3 Å². The van der Waals surface area contributed by atoms with Gasteiger partial charge in [0.25, 0.3) is 0 Å². The number of nitrogens with zero attached hydrogens (tertiary/aromatic N) is 1. The fraction of sp³-hybridized carbons (Fsp3) is 0.600. The first-order chi connectivity index (χ1) is 8.49. The zero-order valence-corrected chi connectivity index (χ0v) is 12.2. The second-order valence-corrected chi connectivity index (χ2v) is 6.11. The van der Waals surface area contributed by atoms with Crippen molar-refractivity contribution in [1.82, 2.24) is 4.90 Å². The van der Waals surface area contributed by atoms with Crippen LogP contribution in [0.4, 0.5) is 0 Å². The number of hydrogen-bond donors (Lipinski definition) is 1. The van der Waals surface area contributed by atoms with Crippen molar-refractivity contribution in [1.29, 1.82) is 0 Å². The summed E-state index contributed by atoms with van der Waals surface area (Å²) in [4.78, 5) is 2.41. The Morgan fingerprint density at radius 1 is 1.50 bits per heavy atom. The Kier molecular flexibility index (Phi) is 4.00. The second kappa shape index (κ2) is 5.20. The van der Waals surface area contributed by atoms with Crippen LogP contribution in [0.15, 0.2) is 24.3 Å². The summed E-state index contributed by atoms with van der Waals surface area (Å²) in [5, 5.41) is 0.800. The summed E-state index contributed by atoms with van der Waals surface area (Å²) in [6.07, 6.45) is 2.61. The van der Waals surface area contributed by atoms with Crippen molar-refractivity contribution in [2.75, 3.05) is 13.6 Å². The van der Waals surface area contributed by atoms with Crippen LogP contribution in [-0.2, 0) is 0 Å². The average molecular weight is 267 g/mol. The standard InChI is InChI=1S/C15H23ClN2/c1-11(12-5-4-6-14(16)9-12)18(3)15(2,10-17)13-7-8-13/h4-6,9,11,13H,7-8,10,17H2,1-3H3. The average Bonchev–Trinajstić information content (AvgIpc) is 3.20. The van der Waals surface area contributed by atoms with E-state index >= 15 is 0 Å². The van der Waals surface area contributed by atoms with Gasteiger partial charge in [-0.15, -0.1) is 0 Å². The summed E-state index contributed by atoms with van der Waals surface area (Å²) in [6, 6.07) is 8.45. The van der Waals surface area contributed by atoms with Crippen molar-refractivity contribution in [3.05, 3.63) is 34.9 Å². The Morgan fingerprint density at radius 2 is 2.17 bits per heavy atom. The van der Waals surface area contributed by atoms with Crippen LogP contribution in [0, 0.1) is 5.92 Å². The maximum absolute atomic E-state index is 6.07. The molecular formula is C15H23ClN2. The molecule has 0 bridgehead atoms. The largest absolute Gasteiger partial charge is 0.329 e. The predicted molar refractivity (Wildman–Crippen MR) is 77.8 cm³/mol. The van der Waals surface area contributed by atoms with Crippen LogP contribution in [0.3, 0.4) is 0 Å². The fourth-order valence-electron chi connectivity index (χ4n) is 2.74. The van der Waals surface area contributed by atoms with Crippen molar-refractivity contribution >= 4 is 11.6 Å². The molecular weight excluding hydrogens is 244 g/mol. The lowest BCUT2D eigenvalue weighted by Crippen LogP contribution is -2.52. The van der Waals surface area contributed by atoms with Crippen molar-refractivity contribution < 1.29 is 0 Å². The Hall–Kier alpha value is -0.570. The minimum absolute atomic E-state index is 0.0989. The van der Waals surface area contributed by atoms with E-state index in [0.717, 1.165) is 10.9 Å². The molecule has 0 amide bonds. The number of halogens is 1. The van der Waals surface area contributed by atoms with Gasteiger partial charge in [0.1, 0.15) is 0 Å². The maximum Gasteiger partial charge on any atom is 0.0409 e. The van der Waals surface area contributed by atoms with Gasteiger partial charge in [0.2, 0.25) is 0 Å². The molecule has 2 rings (SSSR count). The topological polar surface area (TPSA) is 29.3 Å². The molecule has 2 unspecified atom stereocenters. The van der Waals surface area contributed by atoms with E-state index in [0.29, 0.717) is 12.6 Å². The molecule has 1 aromatic carbocycles. The quantitative estimate of drug-likeness (QED) is 0.884. The van der Waals surface area contributed by atoms with Gasteiger partial charge in [0.05, 0.1) is 0 Å². The van der Waals surface area contributed by atoms with Crippen molar-refractivity contribution in [2.24, 2.45) is 11.7 Å². The summed E-state index contributed by atoms with van der Waals surface area (Å²) >= 11 is 6.07. The fourth-order valence-corrected chi connectivity index (χ4v) is 2.94. The highest BCUT2D eigenvalue weighted by atomic mass is 35.5. The smallest absolute Gasteiger partial charge is 0.0409 e. The van der Waals surface area contributed by atoms with Gasteiger partial charge >= 0.3 is 0 Å². The van der Waals surface area contributed by atoms with Crippen LogP contribution in [0.25, 0.3) is 0 Å². The lowest BCUT2D eigenvalue weighted by Gasteiger charge is -2.42. The van der Waals surface area contributed by atoms with Gasteiger partial charge in [0.15, 0.2) is 0 Å². The van der Waals surface area contributed by atoms with Crippen LogP contribution >= 0.6 is 11.6 Å². The van der Waals surface area contributed by atoms with Crippen LogP contribution in [0.2, 0.25) is 5.02 Å². The molecule has 0 aromatic heterocycles. The lowest BCUT2D eigenvalue weighted by molar-refractivity contribution is 0.0800. The number of benzene rings is 1. The first kappa shape index (κ1) is 13.9. The van der Waals surface area contributed by atoms with Gasteiger partial charge in [-0.2, -0.15) is 0 Å². The van der Waals surface area contributed by atoms with Crippen LogP contribution < -0.4 is 5.73 Å². The third kappa shape index (κ3) is 2.56. The van der Waals surface area contributed by atoms with Gasteiger partial charge in [0, 0.05) is 23.1 Å². The molecule has 1 saturated carbocycles. The number of rotatable bonds is 5. The maximum atomic E-state index is 6.07. The van der Waals surface area contributed by atoms with E-state index < -0.39 is 0 Å². The molecule has 18 heavy (non-hydrogen) atoms. The minimum atomic E-state index is 0.0989. The van der Waals surface area contributed by atoms with Crippen molar-refractivity contribution in [2.45, 2.75) is 38.3 Å². The zero-order chi connectivity index (χ0) is 13.3. The summed E-state index contributed by atoms with van der Waals surface area (Å²) in [5.41, 5.74) is 7.38. The molecule has 0 radical (unpaired) electrons. The summed E-state index contributed by atoms with van der Waals surface area (Å²) < 4.78 is 0. The molecule has 1 fully saturated rings. The molecule has 100 valence electrons. The highest BCUT2D eigenvalue weighted by molar-refractivity contribution is 6.30. The zero-order valence-electron chi connectivity index (χ0n) is 11.5. The van der Waals surface area contributed by atoms with Gasteiger partial charge in [-0.3, -0.25) is 4.90 Å². The van der Waals surface area contributed by atoms with Gasteiger partial charge in [-0.05, 0) is 57.4 Å². The SMILES string of the molecule is CC(c1cccc(Cl)c1)N(C)C(C)(CN)C1CC1. The highest BCUT2D eigenvalue weighted by Crippen LogP contribution is 2.44. The summed E-state index contributed by atoms with van der Waals surface area (Å²) in [7, 11) is 2.18. The molecule has 1 aromatic rings. The predicted octanol–water partition coefficient (Wildman–Crippen LogP) is 3.46. The Bertz CT molecular complexity index is 417. The third-order valence-electron chi connectivity index (χ3n) is 4.59. The summed E-state index contributed by atoms with van der Waals surface area (Å²) in [5.74, 6) is 0.745. The van der Waals surface area contributed by atoms with Gasteiger partial charge in [-0.25, -0.2) is 0 Å². The van der Waals surface area contributed by atoms with Crippen LogP contribution in [0.1, 0.15) is 38.3 Å². The molecule has 2 nitrogen and oxygen atoms in total. The van der Waals surface area contributed by atoms with Gasteiger partial charge in [-0.1, -0.05) is 23.7 Å². The van der Waals surface area contributed by atoms with Crippen LogP contribution in [0.5, 0.6) is 0 Å². The van der Waals surface area contributed by atoms with E-state index in [9.17, 15) is 0 Å². The Labute approximate surface area is 115 Å². The molecule has 0 saturated heterocycles. The monoisotopic (exact) mass is 266 g/mol. The molecule has 1 aliphatic carbocycles. The lowest BCUT2D eigenvalue weighted by atomic mass is 9.91. The number of hydrogen-bond acceptors (Lipinski definition) is 2. The molecule has 2 N–H and O–H groups in total. The summed E-state index contributed by atoms with van der Waals surface area (Å²) in [6.45, 7) is 5.22. The molecule has 0 spiro atoms. The first-order valence-corrected chi connectivity index (χ1v) is 7.05. The Morgan fingerprint density at radius 3 is 2.67 bits per heavy atom. The highest BCUT2D eigenvalue weighted by Gasteiger charge is 2.44. The van der Waals surface area contributed by atoms with Crippen molar-refractivity contribution in [3.63, 3.8) is 0 Å². The molecule has 0 aliphatic heterocycles. The number of nitrogens with two attached hydrogens (primary N) is 1. The molecule has 0 heterocycles. The van der Waals surface area contributed by atoms with E-state index in [1.807, 2.05) is 18.2 Å². The van der Waals surface area contributed by atoms with Gasteiger partial charge < -0.3 is 5.73 Å². The first-order valence-electron chi connectivity index (χ1n) is 6.67. The molecule has 3 heteroatoms. The third-order valence-corrected chi connectivity index (χ3v) is 4.82. The number of likely N-dealkylation sites (N-methyl/N-ethyl adjacent to an activating group) is 1. The van der Waals surface area contributed by atoms with E-state index in [2.05, 4.69) is 31.9 Å². The Balaban J connectivity index is 2.19. The van der Waals surface area contributed by atoms with Crippen LogP contribution in [-0.4, -0.2) is 24.0 Å². The van der Waals surface area contributed by atoms with E-state index in [1.165, 1.54) is 18.4 Å². The normalized spacial score (nSPS) is 20.8. The molecule has 1 aliphatic rings. The second-order valence-electron chi connectivity index (χ2n) is 5.68.